The van der Waals surface area contributed by atoms with Gasteiger partial charge in [-0.3, -0.25) is 0 Å². The molecule has 1 aromatic carbocycles. The average Bonchev–Trinajstić information content (AvgIpc) is 2.41. The van der Waals surface area contributed by atoms with Gasteiger partial charge in [-0.05, 0) is 50.5 Å². The molecule has 19 heavy (non-hydrogen) atoms. The van der Waals surface area contributed by atoms with E-state index in [1.54, 1.807) is 0 Å². The minimum Gasteiger partial charge on any atom is -0.494 e. The van der Waals surface area contributed by atoms with Gasteiger partial charge in [0.05, 0.1) is 12.7 Å². The Balaban J connectivity index is 1.93. The molecule has 1 saturated carbocycles. The van der Waals surface area contributed by atoms with Gasteiger partial charge in [0.2, 0.25) is 0 Å². The summed E-state index contributed by atoms with van der Waals surface area (Å²) < 4.78 is 11.3. The van der Waals surface area contributed by atoms with E-state index in [0.29, 0.717) is 6.61 Å². The monoisotopic (exact) mass is 264 g/mol. The maximum absolute atomic E-state index is 10.1. The van der Waals surface area contributed by atoms with E-state index in [1.165, 1.54) is 12.8 Å². The highest BCUT2D eigenvalue weighted by Gasteiger charge is 2.22. The summed E-state index contributed by atoms with van der Waals surface area (Å²) in [5.41, 5.74) is 0. The van der Waals surface area contributed by atoms with E-state index < -0.39 is 0 Å². The molecule has 3 heteroatoms. The molecule has 0 aromatic heterocycles. The normalized spacial score (nSPS) is 24.3. The Bertz CT molecular complexity index is 361. The smallest absolute Gasteiger partial charge is 0.124 e. The van der Waals surface area contributed by atoms with Crippen LogP contribution in [0.25, 0.3) is 0 Å². The van der Waals surface area contributed by atoms with Crippen molar-refractivity contribution in [3.8, 4) is 11.5 Å². The third-order valence-electron chi connectivity index (χ3n) is 3.59. The average molecular weight is 264 g/mol. The lowest BCUT2D eigenvalue weighted by molar-refractivity contribution is 0.0187. The molecule has 0 radical (unpaired) electrons. The molecule has 0 spiro atoms. The summed E-state index contributed by atoms with van der Waals surface area (Å²) in [5.74, 6) is 1.67. The quantitative estimate of drug-likeness (QED) is 0.904. The van der Waals surface area contributed by atoms with Gasteiger partial charge in [0, 0.05) is 0 Å². The predicted molar refractivity (Wildman–Crippen MR) is 75.7 cm³/mol. The van der Waals surface area contributed by atoms with Crippen molar-refractivity contribution in [2.75, 3.05) is 6.61 Å². The highest BCUT2D eigenvalue weighted by Crippen LogP contribution is 2.24. The van der Waals surface area contributed by atoms with Gasteiger partial charge >= 0.3 is 0 Å². The minimum atomic E-state index is -0.341. The third kappa shape index (κ3) is 4.43. The van der Waals surface area contributed by atoms with Crippen molar-refractivity contribution in [2.24, 2.45) is 0 Å². The summed E-state index contributed by atoms with van der Waals surface area (Å²) in [4.78, 5) is 0. The van der Waals surface area contributed by atoms with Crippen LogP contribution in [0.1, 0.15) is 45.4 Å². The number of aliphatic hydroxyl groups is 1. The van der Waals surface area contributed by atoms with Crippen LogP contribution in [0.5, 0.6) is 11.5 Å². The Hall–Kier alpha value is -1.22. The maximum atomic E-state index is 10.1. The van der Waals surface area contributed by atoms with Gasteiger partial charge in [0.25, 0.3) is 0 Å². The Morgan fingerprint density at radius 2 is 1.63 bits per heavy atom. The van der Waals surface area contributed by atoms with Crippen LogP contribution in [-0.4, -0.2) is 23.9 Å². The summed E-state index contributed by atoms with van der Waals surface area (Å²) >= 11 is 0. The van der Waals surface area contributed by atoms with Gasteiger partial charge in [-0.2, -0.15) is 0 Å². The molecule has 0 saturated heterocycles. The molecule has 2 rings (SSSR count). The van der Waals surface area contributed by atoms with Gasteiger partial charge in [-0.1, -0.05) is 19.3 Å². The fraction of sp³-hybridized carbons (Fsp3) is 0.625. The van der Waals surface area contributed by atoms with Crippen LogP contribution < -0.4 is 9.47 Å². The Labute approximate surface area is 115 Å². The van der Waals surface area contributed by atoms with Crippen LogP contribution in [-0.2, 0) is 0 Å². The maximum Gasteiger partial charge on any atom is 0.124 e. The molecule has 0 amide bonds. The molecule has 1 N–H and O–H groups in total. The molecule has 1 aliphatic carbocycles. The molecule has 1 aromatic rings. The first kappa shape index (κ1) is 14.2. The van der Waals surface area contributed by atoms with E-state index in [2.05, 4.69) is 0 Å². The summed E-state index contributed by atoms with van der Waals surface area (Å²) in [6, 6.07) is 7.65. The lowest BCUT2D eigenvalue weighted by atomic mass is 9.96. The van der Waals surface area contributed by atoms with Crippen molar-refractivity contribution in [1.29, 1.82) is 0 Å². The fourth-order valence-electron chi connectivity index (χ4n) is 2.52. The third-order valence-corrected chi connectivity index (χ3v) is 3.59. The van der Waals surface area contributed by atoms with E-state index in [4.69, 9.17) is 9.47 Å². The van der Waals surface area contributed by atoms with Crippen LogP contribution in [0.3, 0.4) is 0 Å². The summed E-state index contributed by atoms with van der Waals surface area (Å²) in [6.07, 6.45) is 6.09. The number of ether oxygens (including phenoxy) is 2. The summed E-state index contributed by atoms with van der Waals surface area (Å²) in [6.45, 7) is 2.64. The van der Waals surface area contributed by atoms with Crippen LogP contribution in [0.4, 0.5) is 0 Å². The molecule has 2 atom stereocenters. The standard InChI is InChI=1S/C16H24O3/c1-2-18-13-9-11-14(12-10-13)19-16-8-6-4-3-5-7-15(16)17/h9-12,15-17H,2-8H2,1H3. The highest BCUT2D eigenvalue weighted by atomic mass is 16.5. The van der Waals surface area contributed by atoms with Crippen LogP contribution in [0, 0.1) is 0 Å². The lowest BCUT2D eigenvalue weighted by Gasteiger charge is -2.26. The summed E-state index contributed by atoms with van der Waals surface area (Å²) in [5, 5.41) is 10.1. The molecule has 106 valence electrons. The van der Waals surface area contributed by atoms with Crippen LogP contribution >= 0.6 is 0 Å². The van der Waals surface area contributed by atoms with Crippen molar-refractivity contribution < 1.29 is 14.6 Å². The van der Waals surface area contributed by atoms with E-state index in [0.717, 1.165) is 37.2 Å². The van der Waals surface area contributed by atoms with Gasteiger partial charge in [-0.15, -0.1) is 0 Å². The van der Waals surface area contributed by atoms with Crippen molar-refractivity contribution in [2.45, 2.75) is 57.7 Å². The number of rotatable bonds is 4. The van der Waals surface area contributed by atoms with E-state index in [-0.39, 0.29) is 12.2 Å². The van der Waals surface area contributed by atoms with Crippen molar-refractivity contribution >= 4 is 0 Å². The van der Waals surface area contributed by atoms with Crippen molar-refractivity contribution in [1.82, 2.24) is 0 Å². The lowest BCUT2D eigenvalue weighted by Crippen LogP contribution is -2.32. The first-order valence-electron chi connectivity index (χ1n) is 7.37. The van der Waals surface area contributed by atoms with Gasteiger partial charge in [-0.25, -0.2) is 0 Å². The summed E-state index contributed by atoms with van der Waals surface area (Å²) in [7, 11) is 0. The fourth-order valence-corrected chi connectivity index (χ4v) is 2.52. The number of hydrogen-bond acceptors (Lipinski definition) is 3. The zero-order chi connectivity index (χ0) is 13.5. The first-order valence-corrected chi connectivity index (χ1v) is 7.37. The molecule has 3 nitrogen and oxygen atoms in total. The van der Waals surface area contributed by atoms with Crippen LogP contribution in [0.2, 0.25) is 0 Å². The molecule has 0 heterocycles. The van der Waals surface area contributed by atoms with Crippen LogP contribution in [0.15, 0.2) is 24.3 Å². The number of hydrogen-bond donors (Lipinski definition) is 1. The highest BCUT2D eigenvalue weighted by molar-refractivity contribution is 5.31. The molecule has 2 unspecified atom stereocenters. The molecule has 1 fully saturated rings. The van der Waals surface area contributed by atoms with Crippen molar-refractivity contribution in [3.63, 3.8) is 0 Å². The zero-order valence-electron chi connectivity index (χ0n) is 11.7. The predicted octanol–water partition coefficient (Wildman–Crippen LogP) is 3.55. The zero-order valence-corrected chi connectivity index (χ0v) is 11.7. The molecule has 1 aliphatic rings. The molecule has 0 bridgehead atoms. The molecular weight excluding hydrogens is 240 g/mol. The largest absolute Gasteiger partial charge is 0.494 e. The Morgan fingerprint density at radius 1 is 1.00 bits per heavy atom. The molecular formula is C16H24O3. The van der Waals surface area contributed by atoms with E-state index in [9.17, 15) is 5.11 Å². The second-order valence-corrected chi connectivity index (χ2v) is 5.12. The number of aliphatic hydroxyl groups excluding tert-OH is 1. The Morgan fingerprint density at radius 3 is 2.32 bits per heavy atom. The van der Waals surface area contributed by atoms with Crippen molar-refractivity contribution in [3.05, 3.63) is 24.3 Å². The molecule has 0 aliphatic heterocycles. The van der Waals surface area contributed by atoms with Gasteiger partial charge < -0.3 is 14.6 Å². The van der Waals surface area contributed by atoms with Gasteiger partial charge in [0.15, 0.2) is 0 Å². The van der Waals surface area contributed by atoms with E-state index in [1.807, 2.05) is 31.2 Å². The number of benzene rings is 1. The topological polar surface area (TPSA) is 38.7 Å². The van der Waals surface area contributed by atoms with E-state index >= 15 is 0 Å². The van der Waals surface area contributed by atoms with Gasteiger partial charge in [0.1, 0.15) is 17.6 Å². The first-order chi connectivity index (χ1) is 9.29. The second kappa shape index (κ2) is 7.39. The minimum absolute atomic E-state index is 0.0711. The SMILES string of the molecule is CCOc1ccc(OC2CCCCCCC2O)cc1. The Kier molecular flexibility index (Phi) is 5.52. The second-order valence-electron chi connectivity index (χ2n) is 5.12.